The summed E-state index contributed by atoms with van der Waals surface area (Å²) in [4.78, 5) is 13.2. The van der Waals surface area contributed by atoms with E-state index in [2.05, 4.69) is 21.8 Å². The first kappa shape index (κ1) is 18.1. The third kappa shape index (κ3) is 4.66. The van der Waals surface area contributed by atoms with Crippen molar-refractivity contribution >= 4 is 27.3 Å². The lowest BCUT2D eigenvalue weighted by atomic mass is 10.1. The van der Waals surface area contributed by atoms with Crippen LogP contribution in [0.25, 0.3) is 0 Å². The zero-order chi connectivity index (χ0) is 17.9. The first-order chi connectivity index (χ1) is 11.9. The van der Waals surface area contributed by atoms with Crippen LogP contribution in [0.1, 0.15) is 28.1 Å². The molecule has 25 heavy (non-hydrogen) atoms. The van der Waals surface area contributed by atoms with Gasteiger partial charge >= 0.3 is 5.97 Å². The van der Waals surface area contributed by atoms with E-state index in [0.717, 1.165) is 37.3 Å². The molecular weight excluding hydrogens is 360 g/mol. The van der Waals surface area contributed by atoms with Gasteiger partial charge in [-0.15, -0.1) is 11.3 Å². The van der Waals surface area contributed by atoms with Crippen LogP contribution < -0.4 is 4.72 Å². The molecule has 0 aliphatic carbocycles. The third-order valence-electron chi connectivity index (χ3n) is 4.17. The molecule has 1 aromatic carbocycles. The van der Waals surface area contributed by atoms with Gasteiger partial charge in [0, 0.05) is 24.5 Å². The molecule has 1 fully saturated rings. The van der Waals surface area contributed by atoms with Gasteiger partial charge in [-0.05, 0) is 31.0 Å². The van der Waals surface area contributed by atoms with Crippen molar-refractivity contribution in [3.8, 4) is 0 Å². The average molecular weight is 380 g/mol. The average Bonchev–Trinajstić information content (AvgIpc) is 3.07. The first-order valence-corrected chi connectivity index (χ1v) is 10.4. The van der Waals surface area contributed by atoms with E-state index >= 15 is 0 Å². The lowest BCUT2D eigenvalue weighted by Gasteiger charge is -2.32. The Balaban J connectivity index is 1.64. The largest absolute Gasteiger partial charge is 0.477 e. The molecule has 0 spiro atoms. The van der Waals surface area contributed by atoms with Crippen molar-refractivity contribution in [3.63, 3.8) is 0 Å². The summed E-state index contributed by atoms with van der Waals surface area (Å²) in [6.45, 7) is 2.37. The van der Waals surface area contributed by atoms with E-state index in [9.17, 15) is 13.2 Å². The molecule has 1 saturated heterocycles. The summed E-state index contributed by atoms with van der Waals surface area (Å²) in [6, 6.07) is 11.1. The zero-order valence-electron chi connectivity index (χ0n) is 13.6. The minimum absolute atomic E-state index is 0.0229. The van der Waals surface area contributed by atoms with Crippen LogP contribution in [-0.4, -0.2) is 43.5 Å². The number of nitrogens with one attached hydrogen (secondary N) is 1. The molecular formula is C17H20N2O4S2. The van der Waals surface area contributed by atoms with Gasteiger partial charge in [0.15, 0.2) is 0 Å². The second kappa shape index (κ2) is 7.65. The van der Waals surface area contributed by atoms with E-state index in [1.165, 1.54) is 17.0 Å². The topological polar surface area (TPSA) is 86.7 Å². The van der Waals surface area contributed by atoms with Gasteiger partial charge in [0.05, 0.1) is 4.90 Å². The number of piperidine rings is 1. The van der Waals surface area contributed by atoms with E-state index in [1.54, 1.807) is 0 Å². The monoisotopic (exact) mass is 380 g/mol. The minimum Gasteiger partial charge on any atom is -0.477 e. The number of sulfonamides is 1. The SMILES string of the molecule is O=C(O)c1cc(S(=O)(=O)NC2CCCN(Cc3ccccc3)C2)cs1. The molecule has 0 radical (unpaired) electrons. The lowest BCUT2D eigenvalue weighted by Crippen LogP contribution is -2.47. The number of benzene rings is 1. The van der Waals surface area contributed by atoms with Crippen LogP contribution >= 0.6 is 11.3 Å². The summed E-state index contributed by atoms with van der Waals surface area (Å²) in [7, 11) is -3.70. The van der Waals surface area contributed by atoms with Gasteiger partial charge in [0.1, 0.15) is 4.88 Å². The highest BCUT2D eigenvalue weighted by Crippen LogP contribution is 2.21. The molecule has 6 nitrogen and oxygen atoms in total. The van der Waals surface area contributed by atoms with Crippen LogP contribution in [0.15, 0.2) is 46.7 Å². The quantitative estimate of drug-likeness (QED) is 0.804. The Bertz CT molecular complexity index is 833. The number of nitrogens with zero attached hydrogens (tertiary/aromatic N) is 1. The predicted octanol–water partition coefficient (Wildman–Crippen LogP) is 2.39. The lowest BCUT2D eigenvalue weighted by molar-refractivity contribution is 0.0702. The van der Waals surface area contributed by atoms with E-state index in [1.807, 2.05) is 18.2 Å². The van der Waals surface area contributed by atoms with Gasteiger partial charge in [-0.1, -0.05) is 30.3 Å². The van der Waals surface area contributed by atoms with Crippen molar-refractivity contribution in [2.45, 2.75) is 30.3 Å². The second-order valence-electron chi connectivity index (χ2n) is 6.13. The fourth-order valence-electron chi connectivity index (χ4n) is 3.00. The maximum Gasteiger partial charge on any atom is 0.345 e. The number of carboxylic acids is 1. The molecule has 0 saturated carbocycles. The number of carboxylic acid groups (broad SMARTS) is 1. The van der Waals surface area contributed by atoms with E-state index in [0.29, 0.717) is 6.54 Å². The van der Waals surface area contributed by atoms with Crippen molar-refractivity contribution in [1.82, 2.24) is 9.62 Å². The van der Waals surface area contributed by atoms with E-state index < -0.39 is 16.0 Å². The summed E-state index contributed by atoms with van der Waals surface area (Å²) in [6.07, 6.45) is 1.70. The van der Waals surface area contributed by atoms with Crippen LogP contribution in [0.5, 0.6) is 0 Å². The fourth-order valence-corrected chi connectivity index (χ4v) is 5.37. The van der Waals surface area contributed by atoms with Gasteiger partial charge < -0.3 is 5.11 Å². The smallest absolute Gasteiger partial charge is 0.345 e. The highest BCUT2D eigenvalue weighted by molar-refractivity contribution is 7.89. The van der Waals surface area contributed by atoms with Gasteiger partial charge in [-0.2, -0.15) is 0 Å². The van der Waals surface area contributed by atoms with Gasteiger partial charge in [0.2, 0.25) is 10.0 Å². The number of rotatable bonds is 6. The van der Waals surface area contributed by atoms with Crippen molar-refractivity contribution in [2.75, 3.05) is 13.1 Å². The zero-order valence-corrected chi connectivity index (χ0v) is 15.2. The van der Waals surface area contributed by atoms with Gasteiger partial charge in [-0.25, -0.2) is 17.9 Å². The van der Waals surface area contributed by atoms with Crippen molar-refractivity contribution in [3.05, 3.63) is 52.2 Å². The molecule has 2 N–H and O–H groups in total. The van der Waals surface area contributed by atoms with E-state index in [4.69, 9.17) is 5.11 Å². The number of hydrogen-bond donors (Lipinski definition) is 2. The first-order valence-electron chi connectivity index (χ1n) is 8.04. The van der Waals surface area contributed by atoms with Crippen LogP contribution in [-0.2, 0) is 16.6 Å². The molecule has 2 heterocycles. The van der Waals surface area contributed by atoms with Crippen LogP contribution in [0, 0.1) is 0 Å². The number of aromatic carboxylic acids is 1. The minimum atomic E-state index is -3.70. The Labute approximate surface area is 151 Å². The molecule has 2 aromatic rings. The molecule has 0 amide bonds. The van der Waals surface area contributed by atoms with Crippen LogP contribution in [0.4, 0.5) is 0 Å². The van der Waals surface area contributed by atoms with Crippen LogP contribution in [0.2, 0.25) is 0 Å². The molecule has 1 unspecified atom stereocenters. The molecule has 1 aliphatic heterocycles. The van der Waals surface area contributed by atoms with E-state index in [-0.39, 0.29) is 15.8 Å². The normalized spacial score (nSPS) is 19.0. The number of likely N-dealkylation sites (tertiary alicyclic amines) is 1. The number of carbonyl (C=O) groups is 1. The molecule has 3 rings (SSSR count). The summed E-state index contributed by atoms with van der Waals surface area (Å²) < 4.78 is 27.7. The van der Waals surface area contributed by atoms with Crippen molar-refractivity contribution in [1.29, 1.82) is 0 Å². The predicted molar refractivity (Wildman–Crippen MR) is 96.3 cm³/mol. The molecule has 1 aromatic heterocycles. The molecule has 1 atom stereocenters. The highest BCUT2D eigenvalue weighted by Gasteiger charge is 2.26. The highest BCUT2D eigenvalue weighted by atomic mass is 32.2. The Hall–Kier alpha value is -1.74. The summed E-state index contributed by atoms with van der Waals surface area (Å²) >= 11 is 0.920. The summed E-state index contributed by atoms with van der Waals surface area (Å²) in [5, 5.41) is 10.3. The number of thiophene rings is 1. The van der Waals surface area contributed by atoms with Crippen LogP contribution in [0.3, 0.4) is 0 Å². The number of hydrogen-bond acceptors (Lipinski definition) is 5. The van der Waals surface area contributed by atoms with Gasteiger partial charge in [0.25, 0.3) is 0 Å². The molecule has 1 aliphatic rings. The van der Waals surface area contributed by atoms with Gasteiger partial charge in [-0.3, -0.25) is 4.90 Å². The standard InChI is InChI=1S/C17H20N2O4S2/c20-17(21)16-9-15(12-24-16)25(22,23)18-14-7-4-8-19(11-14)10-13-5-2-1-3-6-13/h1-3,5-6,9,12,14,18H,4,7-8,10-11H2,(H,20,21). The third-order valence-corrected chi connectivity index (χ3v) is 6.74. The Kier molecular flexibility index (Phi) is 5.53. The molecule has 0 bridgehead atoms. The Morgan fingerprint density at radius 3 is 2.76 bits per heavy atom. The Morgan fingerprint density at radius 2 is 2.08 bits per heavy atom. The fraction of sp³-hybridized carbons (Fsp3) is 0.353. The summed E-state index contributed by atoms with van der Waals surface area (Å²) in [5.74, 6) is -1.11. The van der Waals surface area contributed by atoms with Crippen molar-refractivity contribution in [2.24, 2.45) is 0 Å². The molecule has 8 heteroatoms. The summed E-state index contributed by atoms with van der Waals surface area (Å²) in [5.41, 5.74) is 1.20. The maximum absolute atomic E-state index is 12.5. The van der Waals surface area contributed by atoms with Crippen molar-refractivity contribution < 1.29 is 18.3 Å². The Morgan fingerprint density at radius 1 is 1.32 bits per heavy atom. The maximum atomic E-state index is 12.5. The molecule has 134 valence electrons. The second-order valence-corrected chi connectivity index (χ2v) is 8.76.